The molecule has 1 heterocycles. The summed E-state index contributed by atoms with van der Waals surface area (Å²) in [4.78, 5) is 14.7. The van der Waals surface area contributed by atoms with Crippen molar-refractivity contribution in [2.45, 2.75) is 50.9 Å². The first-order valence-electron chi connectivity index (χ1n) is 8.36. The Morgan fingerprint density at radius 1 is 1.32 bits per heavy atom. The zero-order valence-corrected chi connectivity index (χ0v) is 13.2. The first-order valence-corrected chi connectivity index (χ1v) is 8.36. The van der Waals surface area contributed by atoms with Crippen LogP contribution in [-0.4, -0.2) is 48.8 Å². The largest absolute Gasteiger partial charge is 0.374 e. The van der Waals surface area contributed by atoms with Gasteiger partial charge in [-0.05, 0) is 31.7 Å². The van der Waals surface area contributed by atoms with Gasteiger partial charge in [-0.15, -0.1) is 0 Å². The zero-order chi connectivity index (χ0) is 15.4. The number of aryl methyl sites for hydroxylation is 1. The molecule has 0 aromatic heterocycles. The fourth-order valence-corrected chi connectivity index (χ4v) is 3.65. The number of fused-ring (bicyclic) bond motifs is 2. The summed E-state index contributed by atoms with van der Waals surface area (Å²) in [6, 6.07) is 10.4. The second-order valence-corrected chi connectivity index (χ2v) is 6.05. The molecule has 2 bridgehead atoms. The maximum absolute atomic E-state index is 12.7. The van der Waals surface area contributed by atoms with E-state index in [1.807, 2.05) is 30.0 Å². The van der Waals surface area contributed by atoms with Gasteiger partial charge in [0, 0.05) is 19.6 Å². The Bertz CT molecular complexity index is 490. The van der Waals surface area contributed by atoms with Crippen LogP contribution in [0.2, 0.25) is 0 Å². The van der Waals surface area contributed by atoms with Crippen molar-refractivity contribution in [3.63, 3.8) is 0 Å². The quantitative estimate of drug-likeness (QED) is 0.838. The molecular weight excluding hydrogens is 278 g/mol. The molecule has 1 amide bonds. The van der Waals surface area contributed by atoms with E-state index in [9.17, 15) is 4.79 Å². The van der Waals surface area contributed by atoms with Gasteiger partial charge in [-0.3, -0.25) is 4.79 Å². The van der Waals surface area contributed by atoms with Gasteiger partial charge in [0.05, 0.1) is 18.8 Å². The number of amides is 1. The summed E-state index contributed by atoms with van der Waals surface area (Å²) < 4.78 is 11.8. The Labute approximate surface area is 132 Å². The van der Waals surface area contributed by atoms with Crippen molar-refractivity contribution in [1.29, 1.82) is 0 Å². The second-order valence-electron chi connectivity index (χ2n) is 6.05. The van der Waals surface area contributed by atoms with E-state index >= 15 is 0 Å². The van der Waals surface area contributed by atoms with Crippen LogP contribution in [-0.2, 0) is 20.7 Å². The minimum atomic E-state index is 0.0492. The first-order chi connectivity index (χ1) is 10.8. The molecule has 0 unspecified atom stereocenters. The summed E-state index contributed by atoms with van der Waals surface area (Å²) in [6.07, 6.45) is 3.56. The topological polar surface area (TPSA) is 38.8 Å². The van der Waals surface area contributed by atoms with E-state index in [4.69, 9.17) is 9.47 Å². The maximum Gasteiger partial charge on any atom is 0.223 e. The van der Waals surface area contributed by atoms with Crippen LogP contribution in [0.1, 0.15) is 31.7 Å². The predicted molar refractivity (Wildman–Crippen MR) is 84.7 cm³/mol. The van der Waals surface area contributed by atoms with E-state index in [1.54, 1.807) is 0 Å². The summed E-state index contributed by atoms with van der Waals surface area (Å²) in [5.74, 6) is 0.227. The molecule has 1 aromatic rings. The molecule has 0 radical (unpaired) electrons. The van der Waals surface area contributed by atoms with Crippen molar-refractivity contribution >= 4 is 5.91 Å². The smallest absolute Gasteiger partial charge is 0.223 e. The molecule has 3 atom stereocenters. The number of carbonyl (C=O) groups is 1. The maximum atomic E-state index is 12.7. The number of carbonyl (C=O) groups excluding carboxylic acids is 1. The highest BCUT2D eigenvalue weighted by atomic mass is 16.5. The van der Waals surface area contributed by atoms with Crippen LogP contribution in [0.25, 0.3) is 0 Å². The number of benzene rings is 1. The summed E-state index contributed by atoms with van der Waals surface area (Å²) in [7, 11) is 0. The molecule has 3 rings (SSSR count). The lowest BCUT2D eigenvalue weighted by atomic mass is 10.1. The summed E-state index contributed by atoms with van der Waals surface area (Å²) >= 11 is 0. The SMILES string of the molecule is CCO[C@@H]1[C@H]2CC[C@H]1OCCN2C(=O)CCc1ccccc1. The number of ether oxygens (including phenoxy) is 2. The van der Waals surface area contributed by atoms with Crippen molar-refractivity contribution in [2.75, 3.05) is 19.8 Å². The number of hydrogen-bond donors (Lipinski definition) is 0. The fourth-order valence-electron chi connectivity index (χ4n) is 3.65. The predicted octanol–water partition coefficient (Wildman–Crippen LogP) is 2.41. The Morgan fingerprint density at radius 2 is 2.14 bits per heavy atom. The lowest BCUT2D eigenvalue weighted by Crippen LogP contribution is -2.46. The van der Waals surface area contributed by atoms with Crippen LogP contribution in [0.15, 0.2) is 30.3 Å². The first kappa shape index (κ1) is 15.5. The Balaban J connectivity index is 1.63. The second kappa shape index (κ2) is 7.25. The van der Waals surface area contributed by atoms with Gasteiger partial charge < -0.3 is 14.4 Å². The van der Waals surface area contributed by atoms with Crippen molar-refractivity contribution < 1.29 is 14.3 Å². The van der Waals surface area contributed by atoms with Gasteiger partial charge in [0.15, 0.2) is 0 Å². The number of nitrogens with zero attached hydrogens (tertiary/aromatic N) is 1. The molecule has 2 fully saturated rings. The van der Waals surface area contributed by atoms with Crippen LogP contribution >= 0.6 is 0 Å². The molecule has 1 aromatic carbocycles. The van der Waals surface area contributed by atoms with Crippen LogP contribution < -0.4 is 0 Å². The number of rotatable bonds is 5. The minimum absolute atomic E-state index is 0.0492. The van der Waals surface area contributed by atoms with Crippen molar-refractivity contribution in [2.24, 2.45) is 0 Å². The third-order valence-corrected chi connectivity index (χ3v) is 4.71. The number of hydrogen-bond acceptors (Lipinski definition) is 3. The molecule has 1 saturated carbocycles. The highest BCUT2D eigenvalue weighted by molar-refractivity contribution is 5.77. The average molecular weight is 303 g/mol. The van der Waals surface area contributed by atoms with Crippen molar-refractivity contribution in [1.82, 2.24) is 4.90 Å². The summed E-state index contributed by atoms with van der Waals surface area (Å²) in [5, 5.41) is 0. The standard InChI is InChI=1S/C18H25NO3/c1-2-21-18-15-9-10-16(18)22-13-12-19(15)17(20)11-8-14-6-4-3-5-7-14/h3-7,15-16,18H,2,8-13H2,1H3/t15-,16-,18-/m1/s1. The van der Waals surface area contributed by atoms with Crippen molar-refractivity contribution in [3.05, 3.63) is 35.9 Å². The van der Waals surface area contributed by atoms with Gasteiger partial charge in [-0.1, -0.05) is 30.3 Å². The van der Waals surface area contributed by atoms with Gasteiger partial charge >= 0.3 is 0 Å². The van der Waals surface area contributed by atoms with E-state index in [0.717, 1.165) is 19.3 Å². The van der Waals surface area contributed by atoms with E-state index in [2.05, 4.69) is 12.1 Å². The highest BCUT2D eigenvalue weighted by Gasteiger charge is 2.44. The van der Waals surface area contributed by atoms with Gasteiger partial charge in [-0.25, -0.2) is 0 Å². The summed E-state index contributed by atoms with van der Waals surface area (Å²) in [5.41, 5.74) is 1.22. The van der Waals surface area contributed by atoms with E-state index in [1.165, 1.54) is 5.56 Å². The molecule has 120 valence electrons. The average Bonchev–Trinajstić information content (AvgIpc) is 2.82. The van der Waals surface area contributed by atoms with Crippen LogP contribution in [0.3, 0.4) is 0 Å². The van der Waals surface area contributed by atoms with Gasteiger partial charge in [-0.2, -0.15) is 0 Å². The molecule has 4 heteroatoms. The third-order valence-electron chi connectivity index (χ3n) is 4.71. The van der Waals surface area contributed by atoms with E-state index in [-0.39, 0.29) is 24.2 Å². The molecule has 0 spiro atoms. The molecular formula is C18H25NO3. The third kappa shape index (κ3) is 3.33. The normalized spacial score (nSPS) is 27.7. The van der Waals surface area contributed by atoms with Gasteiger partial charge in [0.2, 0.25) is 5.91 Å². The lowest BCUT2D eigenvalue weighted by molar-refractivity contribution is -0.135. The molecule has 0 N–H and O–H groups in total. The van der Waals surface area contributed by atoms with Crippen LogP contribution in [0.5, 0.6) is 0 Å². The molecule has 2 aliphatic rings. The minimum Gasteiger partial charge on any atom is -0.374 e. The Morgan fingerprint density at radius 3 is 2.91 bits per heavy atom. The monoisotopic (exact) mass is 303 g/mol. The zero-order valence-electron chi connectivity index (χ0n) is 13.2. The molecule has 1 aliphatic heterocycles. The summed E-state index contributed by atoms with van der Waals surface area (Å²) in [6.45, 7) is 4.00. The van der Waals surface area contributed by atoms with Crippen LogP contribution in [0.4, 0.5) is 0 Å². The van der Waals surface area contributed by atoms with Crippen molar-refractivity contribution in [3.8, 4) is 0 Å². The van der Waals surface area contributed by atoms with E-state index < -0.39 is 0 Å². The van der Waals surface area contributed by atoms with Gasteiger partial charge in [0.25, 0.3) is 0 Å². The highest BCUT2D eigenvalue weighted by Crippen LogP contribution is 2.32. The van der Waals surface area contributed by atoms with Crippen LogP contribution in [0, 0.1) is 0 Å². The molecule has 1 saturated heterocycles. The van der Waals surface area contributed by atoms with E-state index in [0.29, 0.717) is 26.2 Å². The van der Waals surface area contributed by atoms with Gasteiger partial charge in [0.1, 0.15) is 6.10 Å². The fraction of sp³-hybridized carbons (Fsp3) is 0.611. The molecule has 4 nitrogen and oxygen atoms in total. The molecule has 22 heavy (non-hydrogen) atoms. The molecule has 1 aliphatic carbocycles. The lowest BCUT2D eigenvalue weighted by Gasteiger charge is -2.31. The Hall–Kier alpha value is -1.39. The Kier molecular flexibility index (Phi) is 5.11.